The van der Waals surface area contributed by atoms with Crippen LogP contribution in [-0.2, 0) is 4.74 Å². The molecule has 0 heterocycles. The monoisotopic (exact) mass is 326 g/mol. The molecule has 0 saturated heterocycles. The van der Waals surface area contributed by atoms with E-state index in [1.165, 1.54) is 13.2 Å². The number of nitrogens with one attached hydrogen (secondary N) is 2. The second-order valence-electron chi connectivity index (χ2n) is 6.57. The summed E-state index contributed by atoms with van der Waals surface area (Å²) >= 11 is 0. The van der Waals surface area contributed by atoms with E-state index in [1.54, 1.807) is 12.1 Å². The summed E-state index contributed by atoms with van der Waals surface area (Å²) in [5.74, 6) is -0.167. The molecule has 2 N–H and O–H groups in total. The first-order valence-corrected chi connectivity index (χ1v) is 7.68. The van der Waals surface area contributed by atoms with Crippen LogP contribution in [0, 0.1) is 5.82 Å². The van der Waals surface area contributed by atoms with E-state index in [-0.39, 0.29) is 23.7 Å². The number of halogens is 1. The molecule has 0 bridgehead atoms. The summed E-state index contributed by atoms with van der Waals surface area (Å²) in [6, 6.07) is 4.65. The number of carbonyl (C=O) groups excluding carboxylic acids is 1. The summed E-state index contributed by atoms with van der Waals surface area (Å²) < 4.78 is 23.6. The molecule has 1 aromatic carbocycles. The fourth-order valence-corrected chi connectivity index (χ4v) is 1.98. The summed E-state index contributed by atoms with van der Waals surface area (Å²) in [7, 11) is 1.44. The maximum atomic E-state index is 13.4. The smallest absolute Gasteiger partial charge is 0.407 e. The molecule has 0 saturated carbocycles. The lowest BCUT2D eigenvalue weighted by Crippen LogP contribution is -2.43. The standard InChI is InChI=1S/C17H27FN2O3/c1-11(20-16(21)23-17(3,4)5)10-19-12(2)13-7-8-14(18)15(9-13)22-6/h7-9,11-12,19H,10H2,1-6H3,(H,20,21). The lowest BCUT2D eigenvalue weighted by molar-refractivity contribution is 0.0507. The number of ether oxygens (including phenoxy) is 2. The van der Waals surface area contributed by atoms with E-state index >= 15 is 0 Å². The third-order valence-corrected chi connectivity index (χ3v) is 3.17. The average molecular weight is 326 g/mol. The van der Waals surface area contributed by atoms with Crippen molar-refractivity contribution in [3.05, 3.63) is 29.6 Å². The minimum Gasteiger partial charge on any atom is -0.494 e. The molecule has 0 aromatic heterocycles. The van der Waals surface area contributed by atoms with E-state index in [4.69, 9.17) is 9.47 Å². The Morgan fingerprint density at radius 1 is 1.30 bits per heavy atom. The van der Waals surface area contributed by atoms with Gasteiger partial charge in [0.2, 0.25) is 0 Å². The number of carbonyl (C=O) groups is 1. The van der Waals surface area contributed by atoms with Crippen molar-refractivity contribution in [2.75, 3.05) is 13.7 Å². The molecule has 5 nitrogen and oxygen atoms in total. The van der Waals surface area contributed by atoms with Gasteiger partial charge in [0, 0.05) is 18.6 Å². The fourth-order valence-electron chi connectivity index (χ4n) is 1.98. The zero-order valence-corrected chi connectivity index (χ0v) is 14.7. The predicted molar refractivity (Wildman–Crippen MR) is 88.2 cm³/mol. The normalized spacial score (nSPS) is 14.0. The highest BCUT2D eigenvalue weighted by Crippen LogP contribution is 2.22. The quantitative estimate of drug-likeness (QED) is 0.841. The van der Waals surface area contributed by atoms with Crippen LogP contribution < -0.4 is 15.4 Å². The van der Waals surface area contributed by atoms with Crippen molar-refractivity contribution in [3.63, 3.8) is 0 Å². The molecule has 0 aliphatic heterocycles. The lowest BCUT2D eigenvalue weighted by Gasteiger charge is -2.23. The Kier molecular flexibility index (Phi) is 6.81. The van der Waals surface area contributed by atoms with E-state index in [0.717, 1.165) is 5.56 Å². The van der Waals surface area contributed by atoms with Gasteiger partial charge in [-0.05, 0) is 52.3 Å². The molecule has 1 amide bonds. The van der Waals surface area contributed by atoms with Crippen LogP contribution in [0.25, 0.3) is 0 Å². The maximum Gasteiger partial charge on any atom is 0.407 e. The Hall–Kier alpha value is -1.82. The second-order valence-corrected chi connectivity index (χ2v) is 6.57. The van der Waals surface area contributed by atoms with E-state index in [9.17, 15) is 9.18 Å². The maximum absolute atomic E-state index is 13.4. The number of amides is 1. The highest BCUT2D eigenvalue weighted by molar-refractivity contribution is 5.68. The van der Waals surface area contributed by atoms with Gasteiger partial charge in [-0.1, -0.05) is 6.07 Å². The zero-order valence-electron chi connectivity index (χ0n) is 14.7. The number of hydrogen-bond acceptors (Lipinski definition) is 4. The SMILES string of the molecule is COc1cc(C(C)NCC(C)NC(=O)OC(C)(C)C)ccc1F. The Morgan fingerprint density at radius 3 is 2.52 bits per heavy atom. The molecule has 2 unspecified atom stereocenters. The van der Waals surface area contributed by atoms with Crippen LogP contribution in [0.4, 0.5) is 9.18 Å². The highest BCUT2D eigenvalue weighted by Gasteiger charge is 2.18. The molecule has 0 radical (unpaired) electrons. The highest BCUT2D eigenvalue weighted by atomic mass is 19.1. The van der Waals surface area contributed by atoms with Crippen LogP contribution in [0.1, 0.15) is 46.2 Å². The van der Waals surface area contributed by atoms with Crippen molar-refractivity contribution in [2.24, 2.45) is 0 Å². The van der Waals surface area contributed by atoms with Crippen molar-refractivity contribution in [1.29, 1.82) is 0 Å². The Labute approximate surface area is 137 Å². The van der Waals surface area contributed by atoms with Crippen LogP contribution in [0.5, 0.6) is 5.75 Å². The first kappa shape index (κ1) is 19.2. The Bertz CT molecular complexity index is 529. The van der Waals surface area contributed by atoms with Gasteiger partial charge in [0.1, 0.15) is 5.60 Å². The van der Waals surface area contributed by atoms with Gasteiger partial charge in [-0.15, -0.1) is 0 Å². The fraction of sp³-hybridized carbons (Fsp3) is 0.588. The van der Waals surface area contributed by atoms with E-state index in [2.05, 4.69) is 10.6 Å². The summed E-state index contributed by atoms with van der Waals surface area (Å²) in [5.41, 5.74) is 0.391. The minimum absolute atomic E-state index is 0.00705. The number of hydrogen-bond donors (Lipinski definition) is 2. The number of benzene rings is 1. The molecular weight excluding hydrogens is 299 g/mol. The van der Waals surface area contributed by atoms with Crippen molar-refractivity contribution in [1.82, 2.24) is 10.6 Å². The molecule has 23 heavy (non-hydrogen) atoms. The first-order valence-electron chi connectivity index (χ1n) is 7.68. The van der Waals surface area contributed by atoms with Gasteiger partial charge in [-0.2, -0.15) is 0 Å². The van der Waals surface area contributed by atoms with E-state index in [1.807, 2.05) is 34.6 Å². The molecule has 6 heteroatoms. The Balaban J connectivity index is 2.49. The molecular formula is C17H27FN2O3. The molecule has 0 spiro atoms. The predicted octanol–water partition coefficient (Wildman–Crippen LogP) is 3.40. The van der Waals surface area contributed by atoms with Crippen molar-refractivity contribution >= 4 is 6.09 Å². The number of rotatable bonds is 6. The molecule has 2 atom stereocenters. The van der Waals surface area contributed by atoms with E-state index in [0.29, 0.717) is 6.54 Å². The Morgan fingerprint density at radius 2 is 1.96 bits per heavy atom. The molecule has 130 valence electrons. The largest absolute Gasteiger partial charge is 0.494 e. The molecule has 1 aromatic rings. The number of alkyl carbamates (subject to hydrolysis) is 1. The van der Waals surface area contributed by atoms with Gasteiger partial charge in [-0.25, -0.2) is 9.18 Å². The zero-order chi connectivity index (χ0) is 17.6. The second kappa shape index (κ2) is 8.15. The van der Waals surface area contributed by atoms with Gasteiger partial charge in [0.15, 0.2) is 11.6 Å². The minimum atomic E-state index is -0.519. The van der Waals surface area contributed by atoms with Gasteiger partial charge < -0.3 is 20.1 Å². The van der Waals surface area contributed by atoms with Gasteiger partial charge in [0.05, 0.1) is 7.11 Å². The van der Waals surface area contributed by atoms with Crippen LogP contribution in [-0.4, -0.2) is 31.4 Å². The van der Waals surface area contributed by atoms with Crippen LogP contribution in [0.15, 0.2) is 18.2 Å². The molecule has 0 aliphatic rings. The summed E-state index contributed by atoms with van der Waals surface area (Å²) in [6.07, 6.45) is -0.442. The average Bonchev–Trinajstić information content (AvgIpc) is 2.43. The third-order valence-electron chi connectivity index (χ3n) is 3.17. The molecule has 1 rings (SSSR count). The van der Waals surface area contributed by atoms with Gasteiger partial charge in [0.25, 0.3) is 0 Å². The van der Waals surface area contributed by atoms with Crippen molar-refractivity contribution < 1.29 is 18.7 Å². The lowest BCUT2D eigenvalue weighted by atomic mass is 10.1. The molecule has 0 aliphatic carbocycles. The molecule has 0 fully saturated rings. The van der Waals surface area contributed by atoms with Crippen molar-refractivity contribution in [2.45, 2.75) is 52.3 Å². The summed E-state index contributed by atoms with van der Waals surface area (Å²) in [5, 5.41) is 6.06. The summed E-state index contributed by atoms with van der Waals surface area (Å²) in [4.78, 5) is 11.7. The van der Waals surface area contributed by atoms with Crippen LogP contribution in [0.3, 0.4) is 0 Å². The van der Waals surface area contributed by atoms with Crippen molar-refractivity contribution in [3.8, 4) is 5.75 Å². The first-order chi connectivity index (χ1) is 10.6. The van der Waals surface area contributed by atoms with E-state index < -0.39 is 11.7 Å². The third kappa shape index (κ3) is 6.86. The van der Waals surface area contributed by atoms with Crippen LogP contribution >= 0.6 is 0 Å². The van der Waals surface area contributed by atoms with Crippen LogP contribution in [0.2, 0.25) is 0 Å². The van der Waals surface area contributed by atoms with Gasteiger partial charge >= 0.3 is 6.09 Å². The topological polar surface area (TPSA) is 59.6 Å². The summed E-state index contributed by atoms with van der Waals surface area (Å²) in [6.45, 7) is 9.86. The number of methoxy groups -OCH3 is 1. The van der Waals surface area contributed by atoms with Gasteiger partial charge in [-0.3, -0.25) is 0 Å².